The van der Waals surface area contributed by atoms with Gasteiger partial charge in [0.2, 0.25) is 0 Å². The Hall–Kier alpha value is -0.610. The van der Waals surface area contributed by atoms with Gasteiger partial charge in [-0.15, -0.1) is 11.3 Å². The van der Waals surface area contributed by atoms with E-state index in [4.69, 9.17) is 4.98 Å². The fraction of sp³-hybridized carbons (Fsp3) is 0.800. The quantitative estimate of drug-likeness (QED) is 0.917. The van der Waals surface area contributed by atoms with E-state index in [0.717, 1.165) is 24.9 Å². The Balaban J connectivity index is 1.81. The highest BCUT2D eigenvalue weighted by atomic mass is 32.1. The van der Waals surface area contributed by atoms with Crippen molar-refractivity contribution in [3.63, 3.8) is 0 Å². The second-order valence-electron chi connectivity index (χ2n) is 5.84. The molecule has 2 atom stereocenters. The van der Waals surface area contributed by atoms with E-state index in [1.807, 2.05) is 18.4 Å². The van der Waals surface area contributed by atoms with Gasteiger partial charge in [-0.3, -0.25) is 0 Å². The van der Waals surface area contributed by atoms with Crippen LogP contribution in [0.1, 0.15) is 49.6 Å². The lowest BCUT2D eigenvalue weighted by Gasteiger charge is -2.31. The van der Waals surface area contributed by atoms with Crippen molar-refractivity contribution in [2.45, 2.75) is 58.0 Å². The molecule has 0 radical (unpaired) electrons. The van der Waals surface area contributed by atoms with Crippen LogP contribution in [0.15, 0.2) is 0 Å². The molecule has 3 rings (SSSR count). The minimum absolute atomic E-state index is 0.784. The zero-order chi connectivity index (χ0) is 13.2. The standard InChI is InChI=1S/C15H25N3S/c1-3-12-14(10-16-2)19-15(17-12)18-9-8-11-6-4-5-7-13(11)18/h11,13,16H,3-10H2,1-2H3. The Morgan fingerprint density at radius 1 is 1.32 bits per heavy atom. The van der Waals surface area contributed by atoms with E-state index in [1.165, 1.54) is 54.4 Å². The summed E-state index contributed by atoms with van der Waals surface area (Å²) in [6.45, 7) is 4.40. The Morgan fingerprint density at radius 3 is 2.95 bits per heavy atom. The predicted octanol–water partition coefficient (Wildman–Crippen LogP) is 3.19. The van der Waals surface area contributed by atoms with Crippen LogP contribution < -0.4 is 10.2 Å². The van der Waals surface area contributed by atoms with Gasteiger partial charge in [-0.05, 0) is 38.6 Å². The minimum Gasteiger partial charge on any atom is -0.345 e. The highest BCUT2D eigenvalue weighted by molar-refractivity contribution is 7.15. The normalized spacial score (nSPS) is 26.7. The summed E-state index contributed by atoms with van der Waals surface area (Å²) in [4.78, 5) is 8.97. The van der Waals surface area contributed by atoms with E-state index in [2.05, 4.69) is 17.1 Å². The summed E-state index contributed by atoms with van der Waals surface area (Å²) in [6.07, 6.45) is 8.11. The molecule has 0 bridgehead atoms. The maximum Gasteiger partial charge on any atom is 0.186 e. The summed E-state index contributed by atoms with van der Waals surface area (Å²) >= 11 is 1.91. The predicted molar refractivity (Wildman–Crippen MR) is 82.0 cm³/mol. The number of aryl methyl sites for hydroxylation is 1. The third-order valence-electron chi connectivity index (χ3n) is 4.69. The lowest BCUT2D eigenvalue weighted by molar-refractivity contribution is 0.342. The van der Waals surface area contributed by atoms with Crippen LogP contribution in [0.3, 0.4) is 0 Å². The van der Waals surface area contributed by atoms with Crippen molar-refractivity contribution >= 4 is 16.5 Å². The van der Waals surface area contributed by atoms with Crippen LogP contribution in [0.25, 0.3) is 0 Å². The smallest absolute Gasteiger partial charge is 0.186 e. The molecule has 1 N–H and O–H groups in total. The zero-order valence-corrected chi connectivity index (χ0v) is 12.9. The first kappa shape index (κ1) is 13.4. The average molecular weight is 279 g/mol. The van der Waals surface area contributed by atoms with Crippen LogP contribution in [0.2, 0.25) is 0 Å². The second kappa shape index (κ2) is 5.80. The summed E-state index contributed by atoms with van der Waals surface area (Å²) < 4.78 is 0. The number of hydrogen-bond donors (Lipinski definition) is 1. The number of nitrogens with one attached hydrogen (secondary N) is 1. The molecule has 1 saturated carbocycles. The molecule has 1 aromatic heterocycles. The van der Waals surface area contributed by atoms with Gasteiger partial charge in [0, 0.05) is 24.0 Å². The summed E-state index contributed by atoms with van der Waals surface area (Å²) in [7, 11) is 2.02. The van der Waals surface area contributed by atoms with Crippen LogP contribution in [0.5, 0.6) is 0 Å². The third-order valence-corrected chi connectivity index (χ3v) is 5.83. The van der Waals surface area contributed by atoms with Crippen molar-refractivity contribution in [1.82, 2.24) is 10.3 Å². The van der Waals surface area contributed by atoms with E-state index < -0.39 is 0 Å². The maximum atomic E-state index is 4.92. The first-order chi connectivity index (χ1) is 9.33. The number of thiazole rings is 1. The molecule has 106 valence electrons. The highest BCUT2D eigenvalue weighted by Gasteiger charge is 2.37. The second-order valence-corrected chi connectivity index (χ2v) is 6.91. The number of fused-ring (bicyclic) bond motifs is 1. The molecular weight excluding hydrogens is 254 g/mol. The summed E-state index contributed by atoms with van der Waals surface area (Å²) in [5.41, 5.74) is 1.30. The highest BCUT2D eigenvalue weighted by Crippen LogP contribution is 2.40. The van der Waals surface area contributed by atoms with Gasteiger partial charge in [0.15, 0.2) is 5.13 Å². The van der Waals surface area contributed by atoms with Gasteiger partial charge >= 0.3 is 0 Å². The molecule has 1 aliphatic carbocycles. The summed E-state index contributed by atoms with van der Waals surface area (Å²) in [6, 6.07) is 0.784. The SMILES string of the molecule is CCc1nc(N2CCC3CCCCC32)sc1CNC. The summed E-state index contributed by atoms with van der Waals surface area (Å²) in [5.74, 6) is 0.940. The lowest BCUT2D eigenvalue weighted by Crippen LogP contribution is -2.34. The molecule has 2 fully saturated rings. The number of nitrogens with zero attached hydrogens (tertiary/aromatic N) is 2. The Labute approximate surface area is 120 Å². The number of anilines is 1. The molecule has 1 aromatic rings. The first-order valence-corrected chi connectivity index (χ1v) is 8.55. The number of hydrogen-bond acceptors (Lipinski definition) is 4. The molecule has 0 spiro atoms. The van der Waals surface area contributed by atoms with Gasteiger partial charge in [0.25, 0.3) is 0 Å². The van der Waals surface area contributed by atoms with Crippen molar-refractivity contribution in [2.75, 3.05) is 18.5 Å². The molecule has 0 aromatic carbocycles. The van der Waals surface area contributed by atoms with E-state index in [9.17, 15) is 0 Å². The molecule has 2 unspecified atom stereocenters. The summed E-state index contributed by atoms with van der Waals surface area (Å²) in [5, 5.41) is 4.56. The van der Waals surface area contributed by atoms with Crippen LogP contribution in [0, 0.1) is 5.92 Å². The third kappa shape index (κ3) is 2.52. The van der Waals surface area contributed by atoms with Gasteiger partial charge < -0.3 is 10.2 Å². The molecule has 2 heterocycles. The monoisotopic (exact) mass is 279 g/mol. The maximum absolute atomic E-state index is 4.92. The van der Waals surface area contributed by atoms with Crippen LogP contribution in [-0.2, 0) is 13.0 Å². The Bertz CT molecular complexity index is 429. The fourth-order valence-corrected chi connectivity index (χ4v) is 4.96. The number of rotatable bonds is 4. The van der Waals surface area contributed by atoms with Crippen molar-refractivity contribution in [3.8, 4) is 0 Å². The van der Waals surface area contributed by atoms with E-state index >= 15 is 0 Å². The fourth-order valence-electron chi connectivity index (χ4n) is 3.71. The van der Waals surface area contributed by atoms with E-state index in [0.29, 0.717) is 0 Å². The molecule has 3 nitrogen and oxygen atoms in total. The topological polar surface area (TPSA) is 28.2 Å². The van der Waals surface area contributed by atoms with Crippen molar-refractivity contribution in [1.29, 1.82) is 0 Å². The van der Waals surface area contributed by atoms with Crippen LogP contribution in [-0.4, -0.2) is 24.6 Å². The Kier molecular flexibility index (Phi) is 4.08. The molecule has 0 amide bonds. The molecular formula is C15H25N3S. The van der Waals surface area contributed by atoms with Crippen molar-refractivity contribution < 1.29 is 0 Å². The molecule has 2 aliphatic rings. The lowest BCUT2D eigenvalue weighted by atomic mass is 9.85. The van der Waals surface area contributed by atoms with Gasteiger partial charge in [0.05, 0.1) is 5.69 Å². The minimum atomic E-state index is 0.784. The van der Waals surface area contributed by atoms with Gasteiger partial charge in [0.1, 0.15) is 0 Å². The van der Waals surface area contributed by atoms with Gasteiger partial charge in [-0.1, -0.05) is 19.8 Å². The first-order valence-electron chi connectivity index (χ1n) is 7.73. The van der Waals surface area contributed by atoms with Crippen molar-refractivity contribution in [3.05, 3.63) is 10.6 Å². The molecule has 1 aliphatic heterocycles. The zero-order valence-electron chi connectivity index (χ0n) is 12.1. The largest absolute Gasteiger partial charge is 0.345 e. The van der Waals surface area contributed by atoms with E-state index in [-0.39, 0.29) is 0 Å². The van der Waals surface area contributed by atoms with Crippen LogP contribution >= 0.6 is 11.3 Å². The van der Waals surface area contributed by atoms with Crippen molar-refractivity contribution in [2.24, 2.45) is 5.92 Å². The molecule has 1 saturated heterocycles. The Morgan fingerprint density at radius 2 is 2.16 bits per heavy atom. The molecule has 4 heteroatoms. The molecule has 19 heavy (non-hydrogen) atoms. The van der Waals surface area contributed by atoms with Crippen LogP contribution in [0.4, 0.5) is 5.13 Å². The van der Waals surface area contributed by atoms with E-state index in [1.54, 1.807) is 0 Å². The van der Waals surface area contributed by atoms with Gasteiger partial charge in [-0.25, -0.2) is 4.98 Å². The van der Waals surface area contributed by atoms with Gasteiger partial charge in [-0.2, -0.15) is 0 Å². The average Bonchev–Trinajstić information content (AvgIpc) is 3.02. The number of aromatic nitrogens is 1.